The van der Waals surface area contributed by atoms with Crippen LogP contribution in [0.1, 0.15) is 39.0 Å². The van der Waals surface area contributed by atoms with Gasteiger partial charge in [0.1, 0.15) is 6.04 Å². The minimum atomic E-state index is -1.08. The van der Waals surface area contributed by atoms with E-state index in [0.717, 1.165) is 0 Å². The second-order valence-electron chi connectivity index (χ2n) is 3.98. The zero-order valence-corrected chi connectivity index (χ0v) is 11.2. The van der Waals surface area contributed by atoms with Crippen LogP contribution in [0.4, 0.5) is 0 Å². The fourth-order valence-electron chi connectivity index (χ4n) is 1.44. The van der Waals surface area contributed by atoms with Gasteiger partial charge in [-0.05, 0) is 26.2 Å². The Hall–Kier alpha value is -1.85. The molecule has 0 radical (unpaired) electrons. The maximum atomic E-state index is 11.5. The molecule has 0 aromatic rings. The summed E-state index contributed by atoms with van der Waals surface area (Å²) in [5.74, 6) is -2.00. The first-order valence-corrected chi connectivity index (χ1v) is 6.30. The van der Waals surface area contributed by atoms with Gasteiger partial charge in [-0.25, -0.2) is 4.79 Å². The van der Waals surface area contributed by atoms with Crippen molar-refractivity contribution in [2.24, 2.45) is 0 Å². The highest BCUT2D eigenvalue weighted by Crippen LogP contribution is 2.03. The Morgan fingerprint density at radius 1 is 1.37 bits per heavy atom. The molecule has 0 aliphatic heterocycles. The topological polar surface area (TPSA) is 92.7 Å². The van der Waals surface area contributed by atoms with Crippen LogP contribution < -0.4 is 5.32 Å². The number of esters is 1. The highest BCUT2D eigenvalue weighted by atomic mass is 16.5. The average molecular weight is 271 g/mol. The lowest BCUT2D eigenvalue weighted by atomic mass is 10.1. The number of carbonyl (C=O) groups excluding carboxylic acids is 2. The van der Waals surface area contributed by atoms with Crippen molar-refractivity contribution in [1.82, 2.24) is 5.32 Å². The molecule has 0 unspecified atom stereocenters. The van der Waals surface area contributed by atoms with E-state index in [4.69, 9.17) is 5.11 Å². The Morgan fingerprint density at radius 2 is 2.05 bits per heavy atom. The molecule has 0 saturated carbocycles. The van der Waals surface area contributed by atoms with Crippen LogP contribution in [0.3, 0.4) is 0 Å². The van der Waals surface area contributed by atoms with Crippen molar-refractivity contribution in [3.63, 3.8) is 0 Å². The number of aliphatic carboxylic acids is 1. The summed E-state index contributed by atoms with van der Waals surface area (Å²) in [6, 6.07) is -0.922. The maximum absolute atomic E-state index is 11.5. The van der Waals surface area contributed by atoms with Gasteiger partial charge in [-0.1, -0.05) is 6.08 Å². The normalized spacial score (nSPS) is 11.4. The number of carboxylic acids is 1. The molecular formula is C13H21NO5. The number of unbranched alkanes of at least 4 members (excludes halogenated alkanes) is 1. The van der Waals surface area contributed by atoms with Crippen LogP contribution in [0.5, 0.6) is 0 Å². The molecule has 0 saturated heterocycles. The van der Waals surface area contributed by atoms with E-state index in [2.05, 4.69) is 16.6 Å². The van der Waals surface area contributed by atoms with Crippen LogP contribution in [-0.2, 0) is 19.1 Å². The Kier molecular flexibility index (Phi) is 9.12. The van der Waals surface area contributed by atoms with E-state index >= 15 is 0 Å². The maximum Gasteiger partial charge on any atom is 0.326 e. The molecule has 0 bridgehead atoms. The molecule has 6 nitrogen and oxygen atoms in total. The SMILES string of the molecule is C=CCCC[C@@H](NC(=O)CCC(=O)OCC)C(=O)O. The molecular weight excluding hydrogens is 250 g/mol. The third kappa shape index (κ3) is 8.82. The van der Waals surface area contributed by atoms with Crippen LogP contribution in [0, 0.1) is 0 Å². The van der Waals surface area contributed by atoms with Gasteiger partial charge in [-0.3, -0.25) is 9.59 Å². The molecule has 0 rings (SSSR count). The molecule has 6 heteroatoms. The summed E-state index contributed by atoms with van der Waals surface area (Å²) in [6.45, 7) is 5.49. The van der Waals surface area contributed by atoms with E-state index in [0.29, 0.717) is 19.3 Å². The summed E-state index contributed by atoms with van der Waals surface area (Å²) in [5.41, 5.74) is 0. The molecule has 1 atom stereocenters. The third-order valence-corrected chi connectivity index (χ3v) is 2.40. The van der Waals surface area contributed by atoms with Gasteiger partial charge in [0.25, 0.3) is 0 Å². The van der Waals surface area contributed by atoms with E-state index in [1.54, 1.807) is 13.0 Å². The number of hydrogen-bond donors (Lipinski definition) is 2. The van der Waals surface area contributed by atoms with Crippen molar-refractivity contribution in [3.8, 4) is 0 Å². The molecule has 0 heterocycles. The van der Waals surface area contributed by atoms with Crippen molar-refractivity contribution in [2.75, 3.05) is 6.61 Å². The molecule has 1 amide bonds. The highest BCUT2D eigenvalue weighted by molar-refractivity contribution is 5.85. The zero-order chi connectivity index (χ0) is 14.7. The van der Waals surface area contributed by atoms with Crippen molar-refractivity contribution in [1.29, 1.82) is 0 Å². The zero-order valence-electron chi connectivity index (χ0n) is 11.2. The van der Waals surface area contributed by atoms with Crippen molar-refractivity contribution >= 4 is 17.8 Å². The fourth-order valence-corrected chi connectivity index (χ4v) is 1.44. The van der Waals surface area contributed by atoms with Crippen LogP contribution in [-0.4, -0.2) is 35.6 Å². The minimum absolute atomic E-state index is 0.0430. The molecule has 108 valence electrons. The van der Waals surface area contributed by atoms with E-state index in [9.17, 15) is 14.4 Å². The minimum Gasteiger partial charge on any atom is -0.480 e. The van der Waals surface area contributed by atoms with E-state index < -0.39 is 23.9 Å². The van der Waals surface area contributed by atoms with Gasteiger partial charge in [0.05, 0.1) is 13.0 Å². The van der Waals surface area contributed by atoms with Crippen molar-refractivity contribution < 1.29 is 24.2 Å². The predicted molar refractivity (Wildman–Crippen MR) is 69.5 cm³/mol. The number of ether oxygens (including phenoxy) is 1. The van der Waals surface area contributed by atoms with Gasteiger partial charge in [0.2, 0.25) is 5.91 Å². The first kappa shape index (κ1) is 17.2. The summed E-state index contributed by atoms with van der Waals surface area (Å²) < 4.78 is 4.68. The number of carbonyl (C=O) groups is 3. The third-order valence-electron chi connectivity index (χ3n) is 2.40. The Balaban J connectivity index is 4.06. The van der Waals surface area contributed by atoms with Gasteiger partial charge < -0.3 is 15.2 Å². The van der Waals surface area contributed by atoms with E-state index in [1.165, 1.54) is 0 Å². The van der Waals surface area contributed by atoms with E-state index in [-0.39, 0.29) is 19.4 Å². The molecule has 0 spiro atoms. The largest absolute Gasteiger partial charge is 0.480 e. The van der Waals surface area contributed by atoms with Gasteiger partial charge in [0, 0.05) is 6.42 Å². The van der Waals surface area contributed by atoms with Crippen molar-refractivity contribution in [3.05, 3.63) is 12.7 Å². The first-order valence-electron chi connectivity index (χ1n) is 6.30. The second kappa shape index (κ2) is 10.1. The molecule has 0 fully saturated rings. The Bertz CT molecular complexity index is 327. The van der Waals surface area contributed by atoms with Crippen LogP contribution in [0.25, 0.3) is 0 Å². The molecule has 0 aromatic carbocycles. The van der Waals surface area contributed by atoms with Crippen LogP contribution >= 0.6 is 0 Å². The smallest absolute Gasteiger partial charge is 0.326 e. The summed E-state index contributed by atoms with van der Waals surface area (Å²) >= 11 is 0. The lowest BCUT2D eigenvalue weighted by Crippen LogP contribution is -2.40. The van der Waals surface area contributed by atoms with Gasteiger partial charge in [0.15, 0.2) is 0 Å². The summed E-state index contributed by atoms with van der Waals surface area (Å²) in [7, 11) is 0. The quantitative estimate of drug-likeness (QED) is 0.354. The average Bonchev–Trinajstić information content (AvgIpc) is 2.35. The number of hydrogen-bond acceptors (Lipinski definition) is 4. The number of amides is 1. The number of rotatable bonds is 10. The number of carboxylic acid groups (broad SMARTS) is 1. The predicted octanol–water partition coefficient (Wildman–Crippen LogP) is 1.26. The van der Waals surface area contributed by atoms with Gasteiger partial charge in [-0.15, -0.1) is 6.58 Å². The summed E-state index contributed by atoms with van der Waals surface area (Å²) in [6.07, 6.45) is 3.26. The lowest BCUT2D eigenvalue weighted by molar-refractivity contribution is -0.145. The van der Waals surface area contributed by atoms with E-state index in [1.807, 2.05) is 0 Å². The Morgan fingerprint density at radius 3 is 2.58 bits per heavy atom. The molecule has 2 N–H and O–H groups in total. The second-order valence-corrected chi connectivity index (χ2v) is 3.98. The first-order chi connectivity index (χ1) is 9.01. The molecule has 0 aromatic heterocycles. The molecule has 0 aliphatic rings. The standard InChI is InChI=1S/C13H21NO5/c1-3-5-6-7-10(13(17)18)14-11(15)8-9-12(16)19-4-2/h3,10H,1,4-9H2,2H3,(H,14,15)(H,17,18)/t10-/m1/s1. The highest BCUT2D eigenvalue weighted by Gasteiger charge is 2.19. The number of nitrogens with one attached hydrogen (secondary N) is 1. The van der Waals surface area contributed by atoms with Crippen molar-refractivity contribution in [2.45, 2.75) is 45.1 Å². The summed E-state index contributed by atoms with van der Waals surface area (Å²) in [5, 5.41) is 11.3. The van der Waals surface area contributed by atoms with Crippen LogP contribution in [0.2, 0.25) is 0 Å². The monoisotopic (exact) mass is 271 g/mol. The van der Waals surface area contributed by atoms with Crippen LogP contribution in [0.15, 0.2) is 12.7 Å². The van der Waals surface area contributed by atoms with Gasteiger partial charge >= 0.3 is 11.9 Å². The number of allylic oxidation sites excluding steroid dienone is 1. The lowest BCUT2D eigenvalue weighted by Gasteiger charge is -2.13. The fraction of sp³-hybridized carbons (Fsp3) is 0.615. The molecule has 0 aliphatic carbocycles. The molecule has 19 heavy (non-hydrogen) atoms. The Labute approximate surface area is 112 Å². The van der Waals surface area contributed by atoms with Gasteiger partial charge in [-0.2, -0.15) is 0 Å². The summed E-state index contributed by atoms with van der Waals surface area (Å²) in [4.78, 5) is 33.5.